The molecule has 2 rings (SSSR count). The Labute approximate surface area is 101 Å². The molecule has 2 unspecified atom stereocenters. The summed E-state index contributed by atoms with van der Waals surface area (Å²) in [7, 11) is 1.66. The van der Waals surface area contributed by atoms with E-state index in [-0.39, 0.29) is 11.8 Å². The number of hydrogen-bond acceptors (Lipinski definition) is 2. The molecule has 0 aromatic heterocycles. The molecule has 0 saturated heterocycles. The molecule has 3 heteroatoms. The summed E-state index contributed by atoms with van der Waals surface area (Å²) in [6.07, 6.45) is 1.77. The Morgan fingerprint density at radius 3 is 2.47 bits per heavy atom. The van der Waals surface area contributed by atoms with E-state index < -0.39 is 5.97 Å². The van der Waals surface area contributed by atoms with Gasteiger partial charge in [0.05, 0.1) is 13.0 Å². The largest absolute Gasteiger partial charge is 0.496 e. The first kappa shape index (κ1) is 12.0. The average Bonchev–Trinajstić information content (AvgIpc) is 2.20. The Morgan fingerprint density at radius 1 is 1.29 bits per heavy atom. The average molecular weight is 234 g/mol. The summed E-state index contributed by atoms with van der Waals surface area (Å²) in [4.78, 5) is 11.1. The van der Waals surface area contributed by atoms with E-state index in [9.17, 15) is 4.79 Å². The fraction of sp³-hybridized carbons (Fsp3) is 0.500. The molecule has 0 spiro atoms. The lowest BCUT2D eigenvalue weighted by Crippen LogP contribution is -2.31. The Hall–Kier alpha value is -1.51. The summed E-state index contributed by atoms with van der Waals surface area (Å²) in [5.74, 6) is 0.171. The number of benzene rings is 1. The van der Waals surface area contributed by atoms with Gasteiger partial charge in [-0.3, -0.25) is 4.79 Å². The second-order valence-electron chi connectivity index (χ2n) is 4.81. The van der Waals surface area contributed by atoms with E-state index in [0.29, 0.717) is 0 Å². The van der Waals surface area contributed by atoms with Gasteiger partial charge in [0.25, 0.3) is 0 Å². The van der Waals surface area contributed by atoms with E-state index in [1.807, 2.05) is 19.9 Å². The summed E-state index contributed by atoms with van der Waals surface area (Å²) in [6, 6.07) is 4.08. The number of rotatable bonds is 3. The molecule has 92 valence electrons. The van der Waals surface area contributed by atoms with Gasteiger partial charge in [0.15, 0.2) is 0 Å². The topological polar surface area (TPSA) is 46.5 Å². The molecule has 0 radical (unpaired) electrons. The first-order valence-electron chi connectivity index (χ1n) is 5.92. The van der Waals surface area contributed by atoms with Crippen LogP contribution < -0.4 is 4.74 Å². The standard InChI is InChI=1S/C14H18O3/c1-8-7-13(17-3)9(2)6-12(8)10-4-5-11(10)14(15)16/h6-7,10-11H,4-5H2,1-3H3,(H,15,16). The number of carboxylic acids is 1. The molecule has 0 bridgehead atoms. The van der Waals surface area contributed by atoms with Crippen LogP contribution >= 0.6 is 0 Å². The maximum Gasteiger partial charge on any atom is 0.307 e. The first-order valence-corrected chi connectivity index (χ1v) is 5.92. The lowest BCUT2D eigenvalue weighted by molar-refractivity contribution is -0.145. The van der Waals surface area contributed by atoms with Crippen LogP contribution in [0.2, 0.25) is 0 Å². The van der Waals surface area contributed by atoms with Crippen LogP contribution in [0, 0.1) is 19.8 Å². The van der Waals surface area contributed by atoms with Gasteiger partial charge in [-0.05, 0) is 55.4 Å². The zero-order chi connectivity index (χ0) is 12.6. The zero-order valence-electron chi connectivity index (χ0n) is 10.5. The molecule has 1 aromatic carbocycles. The minimum Gasteiger partial charge on any atom is -0.496 e. The van der Waals surface area contributed by atoms with Crippen LogP contribution in [0.5, 0.6) is 5.75 Å². The number of carbonyl (C=O) groups is 1. The minimum absolute atomic E-state index is 0.178. The molecule has 1 aromatic rings. The summed E-state index contributed by atoms with van der Waals surface area (Å²) in [5.41, 5.74) is 3.37. The molecule has 1 saturated carbocycles. The number of aryl methyl sites for hydroxylation is 2. The summed E-state index contributed by atoms with van der Waals surface area (Å²) in [6.45, 7) is 4.02. The fourth-order valence-corrected chi connectivity index (χ4v) is 2.60. The van der Waals surface area contributed by atoms with Gasteiger partial charge in [-0.25, -0.2) is 0 Å². The summed E-state index contributed by atoms with van der Waals surface area (Å²) >= 11 is 0. The predicted octanol–water partition coefficient (Wildman–Crippen LogP) is 2.89. The van der Waals surface area contributed by atoms with Crippen LogP contribution in [0.25, 0.3) is 0 Å². The second-order valence-corrected chi connectivity index (χ2v) is 4.81. The first-order chi connectivity index (χ1) is 8.04. The third-order valence-corrected chi connectivity index (χ3v) is 3.77. The number of ether oxygens (including phenoxy) is 1. The quantitative estimate of drug-likeness (QED) is 0.874. The van der Waals surface area contributed by atoms with Crippen molar-refractivity contribution in [1.29, 1.82) is 0 Å². The van der Waals surface area contributed by atoms with Crippen molar-refractivity contribution in [2.24, 2.45) is 5.92 Å². The smallest absolute Gasteiger partial charge is 0.307 e. The molecule has 1 fully saturated rings. The maximum atomic E-state index is 11.1. The van der Waals surface area contributed by atoms with Crippen LogP contribution in [-0.2, 0) is 4.79 Å². The molecule has 1 N–H and O–H groups in total. The summed E-state index contributed by atoms with van der Waals surface area (Å²) < 4.78 is 5.27. The summed E-state index contributed by atoms with van der Waals surface area (Å²) in [5, 5.41) is 9.10. The van der Waals surface area contributed by atoms with Crippen LogP contribution in [0.15, 0.2) is 12.1 Å². The molecule has 0 heterocycles. The molecule has 0 amide bonds. The van der Waals surface area contributed by atoms with Gasteiger partial charge in [0.1, 0.15) is 5.75 Å². The van der Waals surface area contributed by atoms with E-state index in [2.05, 4.69) is 6.07 Å². The van der Waals surface area contributed by atoms with Crippen LogP contribution in [0.4, 0.5) is 0 Å². The normalized spacial score (nSPS) is 23.0. The highest BCUT2D eigenvalue weighted by molar-refractivity contribution is 5.73. The van der Waals surface area contributed by atoms with Gasteiger partial charge < -0.3 is 9.84 Å². The molecule has 2 atom stereocenters. The Morgan fingerprint density at radius 2 is 2.00 bits per heavy atom. The van der Waals surface area contributed by atoms with Crippen molar-refractivity contribution >= 4 is 5.97 Å². The minimum atomic E-state index is -0.672. The van der Waals surface area contributed by atoms with E-state index in [1.54, 1.807) is 7.11 Å². The lowest BCUT2D eigenvalue weighted by atomic mass is 9.69. The van der Waals surface area contributed by atoms with Gasteiger partial charge in [0.2, 0.25) is 0 Å². The Bertz CT molecular complexity index is 451. The van der Waals surface area contributed by atoms with Crippen molar-refractivity contribution in [3.05, 3.63) is 28.8 Å². The van der Waals surface area contributed by atoms with Crippen molar-refractivity contribution in [3.63, 3.8) is 0 Å². The predicted molar refractivity (Wildman–Crippen MR) is 65.6 cm³/mol. The van der Waals surface area contributed by atoms with E-state index in [4.69, 9.17) is 9.84 Å². The number of aliphatic carboxylic acids is 1. The van der Waals surface area contributed by atoms with Crippen molar-refractivity contribution in [3.8, 4) is 5.75 Å². The molecule has 0 aliphatic heterocycles. The van der Waals surface area contributed by atoms with Gasteiger partial charge in [-0.15, -0.1) is 0 Å². The molecular weight excluding hydrogens is 216 g/mol. The highest BCUT2D eigenvalue weighted by Gasteiger charge is 2.38. The molecule has 17 heavy (non-hydrogen) atoms. The molecule has 3 nitrogen and oxygen atoms in total. The monoisotopic (exact) mass is 234 g/mol. The molecule has 1 aliphatic carbocycles. The van der Waals surface area contributed by atoms with E-state index in [1.165, 1.54) is 5.56 Å². The van der Waals surface area contributed by atoms with Crippen molar-refractivity contribution in [2.75, 3.05) is 7.11 Å². The highest BCUT2D eigenvalue weighted by atomic mass is 16.5. The highest BCUT2D eigenvalue weighted by Crippen LogP contribution is 2.44. The van der Waals surface area contributed by atoms with Gasteiger partial charge in [-0.1, -0.05) is 6.07 Å². The maximum absolute atomic E-state index is 11.1. The van der Waals surface area contributed by atoms with Crippen LogP contribution in [0.1, 0.15) is 35.4 Å². The Kier molecular flexibility index (Phi) is 3.09. The SMILES string of the molecule is COc1cc(C)c(C2CCC2C(=O)O)cc1C. The zero-order valence-corrected chi connectivity index (χ0v) is 10.5. The van der Waals surface area contributed by atoms with Gasteiger partial charge >= 0.3 is 5.97 Å². The van der Waals surface area contributed by atoms with Gasteiger partial charge in [0, 0.05) is 0 Å². The molecular formula is C14H18O3. The van der Waals surface area contributed by atoms with Crippen LogP contribution in [0.3, 0.4) is 0 Å². The third-order valence-electron chi connectivity index (χ3n) is 3.77. The molecule has 1 aliphatic rings. The van der Waals surface area contributed by atoms with Crippen LogP contribution in [-0.4, -0.2) is 18.2 Å². The number of hydrogen-bond donors (Lipinski definition) is 1. The van der Waals surface area contributed by atoms with Crippen molar-refractivity contribution < 1.29 is 14.6 Å². The number of methoxy groups -OCH3 is 1. The fourth-order valence-electron chi connectivity index (χ4n) is 2.60. The second kappa shape index (κ2) is 4.40. The third kappa shape index (κ3) is 2.02. The van der Waals surface area contributed by atoms with Gasteiger partial charge in [-0.2, -0.15) is 0 Å². The van der Waals surface area contributed by atoms with Crippen molar-refractivity contribution in [1.82, 2.24) is 0 Å². The van der Waals surface area contributed by atoms with E-state index in [0.717, 1.165) is 29.7 Å². The van der Waals surface area contributed by atoms with Crippen molar-refractivity contribution in [2.45, 2.75) is 32.6 Å². The Balaban J connectivity index is 2.33. The van der Waals surface area contributed by atoms with E-state index >= 15 is 0 Å². The number of carboxylic acid groups (broad SMARTS) is 1. The lowest BCUT2D eigenvalue weighted by Gasteiger charge is -2.35.